The van der Waals surface area contributed by atoms with E-state index in [9.17, 15) is 9.59 Å². The van der Waals surface area contributed by atoms with Crippen LogP contribution < -0.4 is 5.32 Å². The van der Waals surface area contributed by atoms with Crippen molar-refractivity contribution in [3.8, 4) is 0 Å². The number of halogens is 1. The Kier molecular flexibility index (Phi) is 9.71. The Morgan fingerprint density at radius 2 is 1.96 bits per heavy atom. The quantitative estimate of drug-likeness (QED) is 0.663. The molecule has 1 atom stereocenters. The lowest BCUT2D eigenvalue weighted by atomic mass is 10.2. The van der Waals surface area contributed by atoms with Crippen LogP contribution in [0, 0.1) is 0 Å². The Hall–Kier alpha value is -1.93. The highest BCUT2D eigenvalue weighted by molar-refractivity contribution is 6.31. The third kappa shape index (κ3) is 9.26. The van der Waals surface area contributed by atoms with Crippen LogP contribution in [0.1, 0.15) is 5.56 Å². The lowest BCUT2D eigenvalue weighted by Gasteiger charge is -2.23. The minimum atomic E-state index is -1.26. The SMILES string of the molecule is Clc1ccccc1COCC1CNCCO1.O=C(O)/C=C\C(=O)O. The number of morpholine rings is 1. The normalized spacial score (nSPS) is 17.1. The van der Waals surface area contributed by atoms with Crippen molar-refractivity contribution in [3.05, 3.63) is 47.0 Å². The molecule has 3 N–H and O–H groups in total. The first-order valence-corrected chi connectivity index (χ1v) is 7.64. The average Bonchev–Trinajstić information content (AvgIpc) is 2.56. The lowest BCUT2D eigenvalue weighted by Crippen LogP contribution is -2.40. The topological polar surface area (TPSA) is 105 Å². The molecule has 132 valence electrons. The minimum absolute atomic E-state index is 0.163. The average molecular weight is 358 g/mol. The number of carboxylic acid groups (broad SMARTS) is 2. The van der Waals surface area contributed by atoms with Gasteiger partial charge in [0.25, 0.3) is 0 Å². The van der Waals surface area contributed by atoms with Gasteiger partial charge in [-0.15, -0.1) is 0 Å². The van der Waals surface area contributed by atoms with E-state index in [0.717, 1.165) is 30.3 Å². The fourth-order valence-corrected chi connectivity index (χ4v) is 1.98. The summed E-state index contributed by atoms with van der Waals surface area (Å²) in [6.07, 6.45) is 1.28. The Balaban J connectivity index is 0.000000307. The van der Waals surface area contributed by atoms with E-state index < -0.39 is 11.9 Å². The summed E-state index contributed by atoms with van der Waals surface area (Å²) in [4.78, 5) is 19.1. The maximum absolute atomic E-state index is 9.55. The molecule has 7 nitrogen and oxygen atoms in total. The Morgan fingerprint density at radius 3 is 2.50 bits per heavy atom. The van der Waals surface area contributed by atoms with Crippen LogP contribution >= 0.6 is 11.6 Å². The van der Waals surface area contributed by atoms with E-state index in [4.69, 9.17) is 31.3 Å². The van der Waals surface area contributed by atoms with Crippen LogP contribution in [0.3, 0.4) is 0 Å². The number of hydrogen-bond acceptors (Lipinski definition) is 5. The van der Waals surface area contributed by atoms with Gasteiger partial charge in [0.2, 0.25) is 0 Å². The highest BCUT2D eigenvalue weighted by Crippen LogP contribution is 2.15. The van der Waals surface area contributed by atoms with E-state index in [2.05, 4.69) is 5.32 Å². The third-order valence-electron chi connectivity index (χ3n) is 2.89. The van der Waals surface area contributed by atoms with E-state index in [1.807, 2.05) is 24.3 Å². The van der Waals surface area contributed by atoms with Crippen molar-refractivity contribution in [3.63, 3.8) is 0 Å². The highest BCUT2D eigenvalue weighted by atomic mass is 35.5. The monoisotopic (exact) mass is 357 g/mol. The molecule has 8 heteroatoms. The van der Waals surface area contributed by atoms with E-state index in [1.54, 1.807) is 0 Å². The zero-order chi connectivity index (χ0) is 17.8. The molecule has 1 unspecified atom stereocenters. The molecule has 24 heavy (non-hydrogen) atoms. The molecule has 0 saturated carbocycles. The summed E-state index contributed by atoms with van der Waals surface area (Å²) in [7, 11) is 0. The molecule has 0 amide bonds. The van der Waals surface area contributed by atoms with Gasteiger partial charge in [0.1, 0.15) is 0 Å². The van der Waals surface area contributed by atoms with E-state index in [-0.39, 0.29) is 6.10 Å². The molecule has 1 aliphatic rings. The van der Waals surface area contributed by atoms with Crippen molar-refractivity contribution < 1.29 is 29.3 Å². The molecule has 0 bridgehead atoms. The van der Waals surface area contributed by atoms with E-state index >= 15 is 0 Å². The second-order valence-electron chi connectivity index (χ2n) is 4.81. The molecule has 0 radical (unpaired) electrons. The third-order valence-corrected chi connectivity index (χ3v) is 3.26. The van der Waals surface area contributed by atoms with Crippen LogP contribution in [0.25, 0.3) is 0 Å². The van der Waals surface area contributed by atoms with Gasteiger partial charge in [-0.1, -0.05) is 29.8 Å². The molecule has 1 aliphatic heterocycles. The number of nitrogens with one attached hydrogen (secondary N) is 1. The molecule has 0 aromatic heterocycles. The number of ether oxygens (including phenoxy) is 2. The maximum Gasteiger partial charge on any atom is 0.328 e. The maximum atomic E-state index is 9.55. The number of benzene rings is 1. The first kappa shape index (κ1) is 20.1. The first-order chi connectivity index (χ1) is 11.5. The van der Waals surface area contributed by atoms with Gasteiger partial charge < -0.3 is 25.0 Å². The molecule has 1 aromatic rings. The van der Waals surface area contributed by atoms with Gasteiger partial charge in [-0.05, 0) is 11.6 Å². The molecule has 1 saturated heterocycles. The van der Waals surface area contributed by atoms with Crippen LogP contribution in [0.4, 0.5) is 0 Å². The standard InChI is InChI=1S/C12H16ClNO2.C4H4O4/c13-12-4-2-1-3-10(12)8-15-9-11-7-14-5-6-16-11;5-3(6)1-2-4(7)8/h1-4,11,14H,5-9H2;1-2H,(H,5,6)(H,7,8)/b;2-1-. The summed E-state index contributed by atoms with van der Waals surface area (Å²) < 4.78 is 11.1. The summed E-state index contributed by atoms with van der Waals surface area (Å²) in [5.74, 6) is -2.51. The van der Waals surface area contributed by atoms with Gasteiger partial charge in [-0.3, -0.25) is 0 Å². The van der Waals surface area contributed by atoms with Crippen molar-refractivity contribution in [2.75, 3.05) is 26.3 Å². The predicted molar refractivity (Wildman–Crippen MR) is 88.1 cm³/mol. The van der Waals surface area contributed by atoms with Crippen molar-refractivity contribution in [2.45, 2.75) is 12.7 Å². The number of carboxylic acids is 2. The number of aliphatic carboxylic acids is 2. The number of rotatable bonds is 6. The molecule has 1 aromatic carbocycles. The fraction of sp³-hybridized carbons (Fsp3) is 0.375. The zero-order valence-electron chi connectivity index (χ0n) is 13.0. The van der Waals surface area contributed by atoms with Gasteiger partial charge >= 0.3 is 11.9 Å². The predicted octanol–water partition coefficient (Wildman–Crippen LogP) is 1.56. The number of carbonyl (C=O) groups is 2. The molecular weight excluding hydrogens is 338 g/mol. The smallest absolute Gasteiger partial charge is 0.328 e. The largest absolute Gasteiger partial charge is 0.478 e. The summed E-state index contributed by atoms with van der Waals surface area (Å²) >= 11 is 6.02. The minimum Gasteiger partial charge on any atom is -0.478 e. The van der Waals surface area contributed by atoms with E-state index in [0.29, 0.717) is 25.4 Å². The summed E-state index contributed by atoms with van der Waals surface area (Å²) in [5.41, 5.74) is 1.02. The van der Waals surface area contributed by atoms with Gasteiger partial charge in [0, 0.05) is 30.3 Å². The van der Waals surface area contributed by atoms with Gasteiger partial charge in [0.05, 0.1) is 25.9 Å². The molecule has 0 spiro atoms. The summed E-state index contributed by atoms with van der Waals surface area (Å²) in [5, 5.41) is 19.6. The highest BCUT2D eigenvalue weighted by Gasteiger charge is 2.13. The second kappa shape index (κ2) is 11.6. The zero-order valence-corrected chi connectivity index (χ0v) is 13.7. The van der Waals surface area contributed by atoms with E-state index in [1.165, 1.54) is 0 Å². The molecular formula is C16H20ClNO6. The Labute approximate surface area is 144 Å². The summed E-state index contributed by atoms with van der Waals surface area (Å²) in [6, 6.07) is 7.73. The van der Waals surface area contributed by atoms with Crippen LogP contribution in [0.2, 0.25) is 5.02 Å². The van der Waals surface area contributed by atoms with Crippen molar-refractivity contribution in [2.24, 2.45) is 0 Å². The van der Waals surface area contributed by atoms with Crippen molar-refractivity contribution >= 4 is 23.5 Å². The van der Waals surface area contributed by atoms with Gasteiger partial charge in [0.15, 0.2) is 0 Å². The van der Waals surface area contributed by atoms with Crippen molar-refractivity contribution in [1.29, 1.82) is 0 Å². The Morgan fingerprint density at radius 1 is 1.29 bits per heavy atom. The van der Waals surface area contributed by atoms with Crippen molar-refractivity contribution in [1.82, 2.24) is 5.32 Å². The van der Waals surface area contributed by atoms with Gasteiger partial charge in [-0.2, -0.15) is 0 Å². The molecule has 1 heterocycles. The molecule has 0 aliphatic carbocycles. The Bertz CT molecular complexity index is 541. The summed E-state index contributed by atoms with van der Waals surface area (Å²) in [6.45, 7) is 3.71. The van der Waals surface area contributed by atoms with Gasteiger partial charge in [-0.25, -0.2) is 9.59 Å². The van der Waals surface area contributed by atoms with Crippen LogP contribution in [0.15, 0.2) is 36.4 Å². The van der Waals surface area contributed by atoms with Crippen LogP contribution in [-0.4, -0.2) is 54.6 Å². The fourth-order valence-electron chi connectivity index (χ4n) is 1.79. The number of hydrogen-bond donors (Lipinski definition) is 3. The molecule has 1 fully saturated rings. The first-order valence-electron chi connectivity index (χ1n) is 7.26. The van der Waals surface area contributed by atoms with Crippen LogP contribution in [0.5, 0.6) is 0 Å². The lowest BCUT2D eigenvalue weighted by molar-refractivity contribution is -0.134. The molecule has 2 rings (SSSR count). The van der Waals surface area contributed by atoms with Crippen LogP contribution in [-0.2, 0) is 25.7 Å². The second-order valence-corrected chi connectivity index (χ2v) is 5.22.